The van der Waals surface area contributed by atoms with Crippen molar-refractivity contribution >= 4 is 33.2 Å². The molecule has 0 aliphatic heterocycles. The van der Waals surface area contributed by atoms with Crippen molar-refractivity contribution in [2.24, 2.45) is 0 Å². The van der Waals surface area contributed by atoms with Crippen LogP contribution in [-0.4, -0.2) is 0 Å². The van der Waals surface area contributed by atoms with E-state index in [0.717, 1.165) is 21.3 Å². The van der Waals surface area contributed by atoms with Crippen LogP contribution in [0.25, 0.3) is 0 Å². The highest BCUT2D eigenvalue weighted by Crippen LogP contribution is 2.26. The summed E-state index contributed by atoms with van der Waals surface area (Å²) < 4.78 is 0.956. The van der Waals surface area contributed by atoms with Crippen LogP contribution < -0.4 is 5.32 Å². The number of halogens is 2. The zero-order valence-electron chi connectivity index (χ0n) is 10.4. The van der Waals surface area contributed by atoms with Crippen LogP contribution in [0.4, 0.5) is 5.69 Å². The van der Waals surface area contributed by atoms with E-state index in [2.05, 4.69) is 27.3 Å². The fourth-order valence-electron chi connectivity index (χ4n) is 1.79. The summed E-state index contributed by atoms with van der Waals surface area (Å²) in [5.74, 6) is 0. The van der Waals surface area contributed by atoms with Crippen molar-refractivity contribution in [2.75, 3.05) is 5.32 Å². The number of anilines is 1. The number of rotatable bonds is 3. The van der Waals surface area contributed by atoms with Gasteiger partial charge in [0, 0.05) is 11.0 Å². The van der Waals surface area contributed by atoms with Crippen LogP contribution in [0, 0.1) is 18.3 Å². The van der Waals surface area contributed by atoms with Crippen LogP contribution in [-0.2, 0) is 6.54 Å². The van der Waals surface area contributed by atoms with Crippen molar-refractivity contribution in [2.45, 2.75) is 13.5 Å². The monoisotopic (exact) mass is 334 g/mol. The van der Waals surface area contributed by atoms with Gasteiger partial charge in [0.2, 0.25) is 0 Å². The molecule has 0 atom stereocenters. The Balaban J connectivity index is 2.13. The Morgan fingerprint density at radius 2 is 2.05 bits per heavy atom. The molecule has 2 nitrogen and oxygen atoms in total. The first-order valence-electron chi connectivity index (χ1n) is 5.78. The number of hydrogen-bond acceptors (Lipinski definition) is 2. The molecule has 0 amide bonds. The topological polar surface area (TPSA) is 35.8 Å². The summed E-state index contributed by atoms with van der Waals surface area (Å²) in [4.78, 5) is 0. The summed E-state index contributed by atoms with van der Waals surface area (Å²) in [6, 6.07) is 13.6. The average molecular weight is 336 g/mol. The number of aryl methyl sites for hydroxylation is 1. The van der Waals surface area contributed by atoms with Crippen LogP contribution in [0.3, 0.4) is 0 Å². The van der Waals surface area contributed by atoms with Crippen LogP contribution in [0.2, 0.25) is 5.02 Å². The molecular weight excluding hydrogens is 324 g/mol. The highest BCUT2D eigenvalue weighted by atomic mass is 79.9. The first-order chi connectivity index (χ1) is 9.10. The van der Waals surface area contributed by atoms with Gasteiger partial charge in [-0.2, -0.15) is 5.26 Å². The summed E-state index contributed by atoms with van der Waals surface area (Å²) in [7, 11) is 0. The van der Waals surface area contributed by atoms with Gasteiger partial charge in [0.25, 0.3) is 0 Å². The minimum Gasteiger partial charge on any atom is -0.380 e. The van der Waals surface area contributed by atoms with Gasteiger partial charge in [0.05, 0.1) is 22.3 Å². The molecule has 2 rings (SSSR count). The maximum absolute atomic E-state index is 8.84. The third-order valence-corrected chi connectivity index (χ3v) is 3.68. The van der Waals surface area contributed by atoms with Gasteiger partial charge >= 0.3 is 0 Å². The minimum absolute atomic E-state index is 0.679. The maximum atomic E-state index is 8.84. The summed E-state index contributed by atoms with van der Waals surface area (Å²) in [6.07, 6.45) is 0. The Bertz CT molecular complexity index is 647. The van der Waals surface area contributed by atoms with E-state index in [-0.39, 0.29) is 0 Å². The molecule has 0 spiro atoms. The van der Waals surface area contributed by atoms with Gasteiger partial charge in [-0.15, -0.1) is 0 Å². The molecule has 0 aromatic heterocycles. The van der Waals surface area contributed by atoms with Crippen molar-refractivity contribution in [1.29, 1.82) is 5.26 Å². The average Bonchev–Trinajstić information content (AvgIpc) is 2.39. The Labute approximate surface area is 126 Å². The molecule has 0 aliphatic carbocycles. The number of benzene rings is 2. The molecule has 0 fully saturated rings. The molecule has 2 aromatic carbocycles. The zero-order chi connectivity index (χ0) is 13.8. The van der Waals surface area contributed by atoms with Crippen LogP contribution in [0.15, 0.2) is 40.9 Å². The van der Waals surface area contributed by atoms with Crippen molar-refractivity contribution in [3.63, 3.8) is 0 Å². The molecule has 2 aromatic rings. The predicted molar refractivity (Wildman–Crippen MR) is 82.4 cm³/mol. The van der Waals surface area contributed by atoms with Gasteiger partial charge in [-0.1, -0.05) is 33.6 Å². The second-order valence-electron chi connectivity index (χ2n) is 4.23. The van der Waals surface area contributed by atoms with E-state index < -0.39 is 0 Å². The largest absolute Gasteiger partial charge is 0.380 e. The summed E-state index contributed by atoms with van der Waals surface area (Å²) in [6.45, 7) is 2.68. The summed E-state index contributed by atoms with van der Waals surface area (Å²) >= 11 is 9.52. The fraction of sp³-hybridized carbons (Fsp3) is 0.133. The third kappa shape index (κ3) is 3.50. The van der Waals surface area contributed by atoms with Crippen molar-refractivity contribution in [1.82, 2.24) is 0 Å². The molecule has 0 saturated heterocycles. The van der Waals surface area contributed by atoms with E-state index in [1.54, 1.807) is 0 Å². The standard InChI is InChI=1S/C15H12BrClN2/c1-10-6-11(8-18)2-3-12(10)9-19-15-5-4-13(16)7-14(15)17/h2-7,19H,9H2,1H3. The molecule has 0 unspecified atom stereocenters. The van der Waals surface area contributed by atoms with Crippen LogP contribution in [0.1, 0.15) is 16.7 Å². The lowest BCUT2D eigenvalue weighted by Crippen LogP contribution is -2.02. The van der Waals surface area contributed by atoms with E-state index in [1.807, 2.05) is 43.3 Å². The Morgan fingerprint density at radius 3 is 2.68 bits per heavy atom. The lowest BCUT2D eigenvalue weighted by molar-refractivity contribution is 1.12. The Kier molecular flexibility index (Phi) is 4.47. The van der Waals surface area contributed by atoms with Gasteiger partial charge in [0.1, 0.15) is 0 Å². The molecule has 0 heterocycles. The molecular formula is C15H12BrClN2. The molecule has 0 bridgehead atoms. The van der Waals surface area contributed by atoms with E-state index in [1.165, 1.54) is 0 Å². The van der Waals surface area contributed by atoms with Crippen molar-refractivity contribution in [3.05, 3.63) is 62.6 Å². The SMILES string of the molecule is Cc1cc(C#N)ccc1CNc1ccc(Br)cc1Cl. The van der Waals surface area contributed by atoms with Gasteiger partial charge in [-0.3, -0.25) is 0 Å². The van der Waals surface area contributed by atoms with E-state index in [4.69, 9.17) is 16.9 Å². The van der Waals surface area contributed by atoms with Gasteiger partial charge < -0.3 is 5.32 Å². The van der Waals surface area contributed by atoms with E-state index >= 15 is 0 Å². The molecule has 19 heavy (non-hydrogen) atoms. The second kappa shape index (κ2) is 6.10. The van der Waals surface area contributed by atoms with Gasteiger partial charge in [0.15, 0.2) is 0 Å². The van der Waals surface area contributed by atoms with Gasteiger partial charge in [-0.25, -0.2) is 0 Å². The second-order valence-corrected chi connectivity index (χ2v) is 5.55. The molecule has 4 heteroatoms. The smallest absolute Gasteiger partial charge is 0.0991 e. The number of nitrogens with zero attached hydrogens (tertiary/aromatic N) is 1. The normalized spacial score (nSPS) is 10.0. The minimum atomic E-state index is 0.679. The fourth-order valence-corrected chi connectivity index (χ4v) is 2.53. The lowest BCUT2D eigenvalue weighted by Gasteiger charge is -2.11. The highest BCUT2D eigenvalue weighted by molar-refractivity contribution is 9.10. The molecule has 1 N–H and O–H groups in total. The Hall–Kier alpha value is -1.50. The molecule has 96 valence electrons. The lowest BCUT2D eigenvalue weighted by atomic mass is 10.1. The summed E-state index contributed by atoms with van der Waals surface area (Å²) in [5, 5.41) is 12.8. The molecule has 0 saturated carbocycles. The number of nitriles is 1. The van der Waals surface area contributed by atoms with Crippen molar-refractivity contribution < 1.29 is 0 Å². The first-order valence-corrected chi connectivity index (χ1v) is 6.96. The predicted octanol–water partition coefficient (Wildman–Crippen LogP) is 4.89. The highest BCUT2D eigenvalue weighted by Gasteiger charge is 2.03. The molecule has 0 radical (unpaired) electrons. The molecule has 0 aliphatic rings. The van der Waals surface area contributed by atoms with Gasteiger partial charge in [-0.05, 0) is 48.4 Å². The Morgan fingerprint density at radius 1 is 1.26 bits per heavy atom. The first kappa shape index (κ1) is 13.9. The van der Waals surface area contributed by atoms with Crippen LogP contribution in [0.5, 0.6) is 0 Å². The van der Waals surface area contributed by atoms with E-state index in [9.17, 15) is 0 Å². The van der Waals surface area contributed by atoms with Crippen molar-refractivity contribution in [3.8, 4) is 6.07 Å². The third-order valence-electron chi connectivity index (χ3n) is 2.87. The quantitative estimate of drug-likeness (QED) is 0.866. The van der Waals surface area contributed by atoms with Crippen LogP contribution >= 0.6 is 27.5 Å². The number of nitrogens with one attached hydrogen (secondary N) is 1. The van der Waals surface area contributed by atoms with E-state index in [0.29, 0.717) is 17.1 Å². The number of hydrogen-bond donors (Lipinski definition) is 1. The zero-order valence-corrected chi connectivity index (χ0v) is 12.7. The summed E-state index contributed by atoms with van der Waals surface area (Å²) in [5.41, 5.74) is 3.83. The maximum Gasteiger partial charge on any atom is 0.0991 e.